The Morgan fingerprint density at radius 2 is 2.00 bits per heavy atom. The Morgan fingerprint density at radius 1 is 1.36 bits per heavy atom. The molecule has 1 atom stereocenters. The summed E-state index contributed by atoms with van der Waals surface area (Å²) >= 11 is 0. The van der Waals surface area contributed by atoms with Crippen molar-refractivity contribution in [1.29, 1.82) is 0 Å². The molecular formula is C10H17NO3. The van der Waals surface area contributed by atoms with E-state index in [-0.39, 0.29) is 5.60 Å². The summed E-state index contributed by atoms with van der Waals surface area (Å²) in [5.41, 5.74) is -0.368. The molecule has 0 aromatic rings. The lowest BCUT2D eigenvalue weighted by atomic mass is 10.2. The number of ether oxygens (including phenoxy) is 1. The van der Waals surface area contributed by atoms with Gasteiger partial charge < -0.3 is 4.74 Å². The van der Waals surface area contributed by atoms with Crippen LogP contribution in [-0.2, 0) is 14.3 Å². The minimum Gasteiger partial charge on any atom is -0.351 e. The molecule has 0 spiro atoms. The van der Waals surface area contributed by atoms with E-state index < -0.39 is 6.23 Å². The first-order valence-corrected chi connectivity index (χ1v) is 4.46. The van der Waals surface area contributed by atoms with E-state index in [0.717, 1.165) is 0 Å². The number of carbonyl (C=O) groups excluding carboxylic acids is 2. The first-order chi connectivity index (χ1) is 6.49. The normalized spacial score (nSPS) is 14.2. The van der Waals surface area contributed by atoms with E-state index in [2.05, 4.69) is 5.32 Å². The number of hydrogen-bond donors (Lipinski definition) is 1. The average Bonchev–Trinajstić information content (AvgIpc) is 2.08. The summed E-state index contributed by atoms with van der Waals surface area (Å²) in [6.07, 6.45) is 3.73. The first kappa shape index (κ1) is 13.0. The molecule has 80 valence electrons. The van der Waals surface area contributed by atoms with E-state index in [1.165, 1.54) is 6.08 Å². The van der Waals surface area contributed by atoms with Gasteiger partial charge in [-0.25, -0.2) is 0 Å². The number of nitrogens with one attached hydrogen (secondary N) is 1. The van der Waals surface area contributed by atoms with Gasteiger partial charge in [-0.15, -0.1) is 0 Å². The van der Waals surface area contributed by atoms with Crippen LogP contribution in [0.15, 0.2) is 12.2 Å². The summed E-state index contributed by atoms with van der Waals surface area (Å²) in [6.45, 7) is 6.03. The standard InChI is InChI=1S/C10H17NO3/c1-10(2,3)14-9(8-13)11-6-4-5-7-12/h4-5,7-9,11H,6H2,1-3H3/b5-4+. The van der Waals surface area contributed by atoms with Crippen LogP contribution in [0.2, 0.25) is 0 Å². The molecule has 0 saturated carbocycles. The van der Waals surface area contributed by atoms with Gasteiger partial charge in [0.25, 0.3) is 0 Å². The maximum Gasteiger partial charge on any atom is 0.165 e. The van der Waals surface area contributed by atoms with E-state index in [1.54, 1.807) is 6.08 Å². The zero-order valence-corrected chi connectivity index (χ0v) is 8.82. The van der Waals surface area contributed by atoms with Crippen molar-refractivity contribution in [2.24, 2.45) is 0 Å². The number of allylic oxidation sites excluding steroid dienone is 1. The zero-order valence-electron chi connectivity index (χ0n) is 8.82. The summed E-state index contributed by atoms with van der Waals surface area (Å²) in [5.74, 6) is 0. The van der Waals surface area contributed by atoms with Crippen LogP contribution in [0.1, 0.15) is 20.8 Å². The van der Waals surface area contributed by atoms with E-state index in [4.69, 9.17) is 4.74 Å². The lowest BCUT2D eigenvalue weighted by Crippen LogP contribution is -2.39. The largest absolute Gasteiger partial charge is 0.351 e. The van der Waals surface area contributed by atoms with Crippen molar-refractivity contribution >= 4 is 12.6 Å². The van der Waals surface area contributed by atoms with Gasteiger partial charge in [-0.05, 0) is 26.8 Å². The molecule has 0 aromatic heterocycles. The number of carbonyl (C=O) groups is 2. The monoisotopic (exact) mass is 199 g/mol. The molecule has 0 saturated heterocycles. The molecule has 1 unspecified atom stereocenters. The van der Waals surface area contributed by atoms with Crippen LogP contribution in [0.3, 0.4) is 0 Å². The Kier molecular flexibility index (Phi) is 5.99. The van der Waals surface area contributed by atoms with Gasteiger partial charge >= 0.3 is 0 Å². The molecule has 1 N–H and O–H groups in total. The number of rotatable bonds is 6. The summed E-state index contributed by atoms with van der Waals surface area (Å²) < 4.78 is 5.37. The topological polar surface area (TPSA) is 55.4 Å². The Hall–Kier alpha value is -1.00. The van der Waals surface area contributed by atoms with Gasteiger partial charge in [0.1, 0.15) is 6.29 Å². The van der Waals surface area contributed by atoms with Gasteiger partial charge in [0.2, 0.25) is 0 Å². The third kappa shape index (κ3) is 7.64. The van der Waals surface area contributed by atoms with E-state index in [9.17, 15) is 9.59 Å². The Morgan fingerprint density at radius 3 is 2.43 bits per heavy atom. The van der Waals surface area contributed by atoms with Crippen molar-refractivity contribution in [3.8, 4) is 0 Å². The van der Waals surface area contributed by atoms with Gasteiger partial charge in [0, 0.05) is 6.54 Å². The molecule has 14 heavy (non-hydrogen) atoms. The highest BCUT2D eigenvalue weighted by molar-refractivity contribution is 5.64. The predicted molar refractivity (Wildman–Crippen MR) is 53.9 cm³/mol. The van der Waals surface area contributed by atoms with Crippen LogP contribution in [0.5, 0.6) is 0 Å². The first-order valence-electron chi connectivity index (χ1n) is 4.46. The second kappa shape index (κ2) is 6.45. The van der Waals surface area contributed by atoms with Gasteiger partial charge in [-0.2, -0.15) is 0 Å². The summed E-state index contributed by atoms with van der Waals surface area (Å²) in [6, 6.07) is 0. The van der Waals surface area contributed by atoms with Crippen LogP contribution >= 0.6 is 0 Å². The molecule has 0 fully saturated rings. The summed E-state index contributed by atoms with van der Waals surface area (Å²) in [7, 11) is 0. The smallest absolute Gasteiger partial charge is 0.165 e. The summed E-state index contributed by atoms with van der Waals surface area (Å²) in [5, 5.41) is 2.82. The molecular weight excluding hydrogens is 182 g/mol. The maximum absolute atomic E-state index is 10.6. The van der Waals surface area contributed by atoms with E-state index in [1.807, 2.05) is 20.8 Å². The van der Waals surface area contributed by atoms with Crippen LogP contribution in [-0.4, -0.2) is 30.9 Å². The zero-order chi connectivity index (χ0) is 11.0. The minimum atomic E-state index is -0.633. The molecule has 0 aliphatic heterocycles. The fourth-order valence-electron chi connectivity index (χ4n) is 0.806. The third-order valence-electron chi connectivity index (χ3n) is 1.26. The molecule has 0 aliphatic rings. The van der Waals surface area contributed by atoms with Gasteiger partial charge in [0.15, 0.2) is 12.5 Å². The van der Waals surface area contributed by atoms with Crippen LogP contribution in [0, 0.1) is 0 Å². The van der Waals surface area contributed by atoms with Gasteiger partial charge in [0.05, 0.1) is 5.60 Å². The van der Waals surface area contributed by atoms with Crippen molar-refractivity contribution < 1.29 is 14.3 Å². The van der Waals surface area contributed by atoms with Crippen LogP contribution < -0.4 is 5.32 Å². The molecule has 0 amide bonds. The van der Waals surface area contributed by atoms with E-state index in [0.29, 0.717) is 19.1 Å². The van der Waals surface area contributed by atoms with Crippen LogP contribution in [0.25, 0.3) is 0 Å². The summed E-state index contributed by atoms with van der Waals surface area (Å²) in [4.78, 5) is 20.5. The minimum absolute atomic E-state index is 0.368. The number of aldehydes is 2. The molecule has 0 radical (unpaired) electrons. The number of hydrogen-bond acceptors (Lipinski definition) is 4. The molecule has 0 bridgehead atoms. The Balaban J connectivity index is 3.86. The van der Waals surface area contributed by atoms with Gasteiger partial charge in [-0.3, -0.25) is 14.9 Å². The highest BCUT2D eigenvalue weighted by Crippen LogP contribution is 2.07. The maximum atomic E-state index is 10.6. The van der Waals surface area contributed by atoms with Crippen molar-refractivity contribution in [2.75, 3.05) is 6.54 Å². The van der Waals surface area contributed by atoms with Crippen molar-refractivity contribution in [1.82, 2.24) is 5.32 Å². The molecule has 4 nitrogen and oxygen atoms in total. The van der Waals surface area contributed by atoms with Crippen molar-refractivity contribution in [3.63, 3.8) is 0 Å². The molecule has 0 rings (SSSR count). The fourth-order valence-corrected chi connectivity index (χ4v) is 0.806. The quantitative estimate of drug-likeness (QED) is 0.388. The average molecular weight is 199 g/mol. The van der Waals surface area contributed by atoms with Crippen molar-refractivity contribution in [3.05, 3.63) is 12.2 Å². The Labute approximate surface area is 84.3 Å². The Bertz CT molecular complexity index is 206. The second-order valence-corrected chi connectivity index (χ2v) is 3.76. The highest BCUT2D eigenvalue weighted by Gasteiger charge is 2.16. The molecule has 4 heteroatoms. The molecule has 0 aromatic carbocycles. The lowest BCUT2D eigenvalue weighted by Gasteiger charge is -2.24. The third-order valence-corrected chi connectivity index (χ3v) is 1.26. The highest BCUT2D eigenvalue weighted by atomic mass is 16.5. The second-order valence-electron chi connectivity index (χ2n) is 3.76. The lowest BCUT2D eigenvalue weighted by molar-refractivity contribution is -0.131. The van der Waals surface area contributed by atoms with Crippen LogP contribution in [0.4, 0.5) is 0 Å². The molecule has 0 heterocycles. The fraction of sp³-hybridized carbons (Fsp3) is 0.600. The van der Waals surface area contributed by atoms with Crippen molar-refractivity contribution in [2.45, 2.75) is 32.6 Å². The SMILES string of the molecule is CC(C)(C)OC(C=O)NC/C=C/C=O. The van der Waals surface area contributed by atoms with E-state index >= 15 is 0 Å². The predicted octanol–water partition coefficient (Wildman–Crippen LogP) is 0.671. The van der Waals surface area contributed by atoms with Gasteiger partial charge in [-0.1, -0.05) is 6.08 Å². The molecule has 0 aliphatic carbocycles.